The van der Waals surface area contributed by atoms with Crippen LogP contribution in [0.2, 0.25) is 0 Å². The summed E-state index contributed by atoms with van der Waals surface area (Å²) in [7, 11) is 1.31. The number of ether oxygens (including phenoxy) is 1. The average molecular weight is 307 g/mol. The number of aromatic nitrogens is 1. The lowest BCUT2D eigenvalue weighted by molar-refractivity contribution is -0.127. The molecule has 1 atom stereocenters. The number of amides is 2. The van der Waals surface area contributed by atoms with Crippen molar-refractivity contribution >= 4 is 17.8 Å². The van der Waals surface area contributed by atoms with Gasteiger partial charge in [-0.25, -0.2) is 4.79 Å². The molecule has 7 nitrogen and oxygen atoms in total. The summed E-state index contributed by atoms with van der Waals surface area (Å²) in [6.07, 6.45) is 0.578. The van der Waals surface area contributed by atoms with Gasteiger partial charge in [0, 0.05) is 18.8 Å². The maximum absolute atomic E-state index is 12.7. The first-order valence-corrected chi connectivity index (χ1v) is 7.30. The zero-order valence-electron chi connectivity index (χ0n) is 13.3. The Bertz CT molecular complexity index is 621. The van der Waals surface area contributed by atoms with Crippen LogP contribution in [-0.4, -0.2) is 53.9 Å². The molecule has 0 saturated carbocycles. The van der Waals surface area contributed by atoms with Gasteiger partial charge in [-0.2, -0.15) is 0 Å². The first-order valence-electron chi connectivity index (χ1n) is 7.30. The molecule has 0 aromatic carbocycles. The quantitative estimate of drug-likeness (QED) is 0.801. The molecule has 2 heterocycles. The van der Waals surface area contributed by atoms with Gasteiger partial charge in [0.2, 0.25) is 5.91 Å². The van der Waals surface area contributed by atoms with Gasteiger partial charge in [0.1, 0.15) is 11.7 Å². The lowest BCUT2D eigenvalue weighted by Crippen LogP contribution is -2.56. The molecule has 1 unspecified atom stereocenters. The number of rotatable bonds is 3. The van der Waals surface area contributed by atoms with E-state index in [0.29, 0.717) is 42.0 Å². The summed E-state index contributed by atoms with van der Waals surface area (Å²) in [4.78, 5) is 40.9. The van der Waals surface area contributed by atoms with Crippen molar-refractivity contribution in [2.75, 3.05) is 20.2 Å². The van der Waals surface area contributed by atoms with Crippen LogP contribution in [-0.2, 0) is 16.0 Å². The van der Waals surface area contributed by atoms with Crippen LogP contribution in [0.4, 0.5) is 0 Å². The number of piperazine rings is 1. The van der Waals surface area contributed by atoms with Crippen molar-refractivity contribution in [2.24, 2.45) is 0 Å². The van der Waals surface area contributed by atoms with E-state index in [4.69, 9.17) is 4.74 Å². The molecule has 1 saturated heterocycles. The van der Waals surface area contributed by atoms with Gasteiger partial charge in [0.25, 0.3) is 5.91 Å². The molecule has 120 valence electrons. The number of carbonyl (C=O) groups excluding carboxylic acids is 3. The van der Waals surface area contributed by atoms with Crippen LogP contribution in [0, 0.1) is 6.92 Å². The second-order valence-electron chi connectivity index (χ2n) is 5.29. The number of hydrogen-bond donors (Lipinski definition) is 2. The Morgan fingerprint density at radius 1 is 1.41 bits per heavy atom. The maximum Gasteiger partial charge on any atom is 0.339 e. The molecule has 0 bridgehead atoms. The third-order valence-corrected chi connectivity index (χ3v) is 4.04. The third kappa shape index (κ3) is 2.58. The van der Waals surface area contributed by atoms with Gasteiger partial charge < -0.3 is 19.9 Å². The van der Waals surface area contributed by atoms with E-state index in [1.54, 1.807) is 13.8 Å². The Kier molecular flexibility index (Phi) is 4.54. The van der Waals surface area contributed by atoms with Crippen LogP contribution < -0.4 is 5.32 Å². The fraction of sp³-hybridized carbons (Fsp3) is 0.533. The van der Waals surface area contributed by atoms with E-state index >= 15 is 0 Å². The Labute approximate surface area is 129 Å². The Morgan fingerprint density at radius 3 is 2.68 bits per heavy atom. The number of aromatic amines is 1. The zero-order chi connectivity index (χ0) is 16.4. The molecule has 0 aliphatic carbocycles. The second-order valence-corrected chi connectivity index (χ2v) is 5.29. The lowest BCUT2D eigenvalue weighted by atomic mass is 10.1. The minimum Gasteiger partial charge on any atom is -0.465 e. The number of esters is 1. The highest BCUT2D eigenvalue weighted by Gasteiger charge is 2.33. The smallest absolute Gasteiger partial charge is 0.339 e. The summed E-state index contributed by atoms with van der Waals surface area (Å²) < 4.78 is 4.79. The van der Waals surface area contributed by atoms with E-state index in [9.17, 15) is 14.4 Å². The molecule has 2 N–H and O–H groups in total. The van der Waals surface area contributed by atoms with Crippen molar-refractivity contribution in [1.29, 1.82) is 0 Å². The van der Waals surface area contributed by atoms with E-state index in [2.05, 4.69) is 10.3 Å². The number of nitrogens with zero attached hydrogens (tertiary/aromatic N) is 1. The summed E-state index contributed by atoms with van der Waals surface area (Å²) in [6.45, 7) is 6.16. The average Bonchev–Trinajstić information content (AvgIpc) is 2.85. The van der Waals surface area contributed by atoms with Gasteiger partial charge in [0.05, 0.1) is 12.7 Å². The van der Waals surface area contributed by atoms with Crippen LogP contribution in [0.25, 0.3) is 0 Å². The first kappa shape index (κ1) is 16.1. The predicted molar refractivity (Wildman–Crippen MR) is 79.8 cm³/mol. The van der Waals surface area contributed by atoms with Crippen LogP contribution in [0.3, 0.4) is 0 Å². The largest absolute Gasteiger partial charge is 0.465 e. The number of hydrogen-bond acceptors (Lipinski definition) is 4. The summed E-state index contributed by atoms with van der Waals surface area (Å²) in [6, 6.07) is -0.532. The van der Waals surface area contributed by atoms with Gasteiger partial charge in [-0.1, -0.05) is 6.92 Å². The summed E-state index contributed by atoms with van der Waals surface area (Å²) in [5.74, 6) is -0.911. The fourth-order valence-electron chi connectivity index (χ4n) is 2.72. The van der Waals surface area contributed by atoms with E-state index < -0.39 is 12.0 Å². The molecule has 1 fully saturated rings. The predicted octanol–water partition coefficient (Wildman–Crippen LogP) is 0.633. The molecule has 1 aromatic rings. The summed E-state index contributed by atoms with van der Waals surface area (Å²) >= 11 is 0. The van der Waals surface area contributed by atoms with Gasteiger partial charge in [-0.15, -0.1) is 0 Å². The number of carbonyl (C=O) groups is 3. The summed E-state index contributed by atoms with van der Waals surface area (Å²) in [5, 5.41) is 2.72. The molecule has 1 aromatic heterocycles. The van der Waals surface area contributed by atoms with Crippen molar-refractivity contribution in [2.45, 2.75) is 33.2 Å². The highest BCUT2D eigenvalue weighted by atomic mass is 16.5. The fourth-order valence-corrected chi connectivity index (χ4v) is 2.72. The first-order chi connectivity index (χ1) is 10.4. The maximum atomic E-state index is 12.7. The molecule has 1 aliphatic heterocycles. The highest BCUT2D eigenvalue weighted by Crippen LogP contribution is 2.22. The van der Waals surface area contributed by atoms with Crippen molar-refractivity contribution in [1.82, 2.24) is 15.2 Å². The number of nitrogens with one attached hydrogen (secondary N) is 2. The minimum absolute atomic E-state index is 0.173. The standard InChI is InChI=1S/C15H21N3O4/c1-5-10-11(15(21)22-4)8(2)12(17-10)14(20)18-7-6-16-13(19)9(18)3/h9,17H,5-7H2,1-4H3,(H,16,19). The van der Waals surface area contributed by atoms with Gasteiger partial charge >= 0.3 is 5.97 Å². The molecule has 0 radical (unpaired) electrons. The van der Waals surface area contributed by atoms with Gasteiger partial charge in [-0.05, 0) is 25.8 Å². The van der Waals surface area contributed by atoms with Crippen molar-refractivity contribution in [3.63, 3.8) is 0 Å². The van der Waals surface area contributed by atoms with E-state index in [1.807, 2.05) is 6.92 Å². The SMILES string of the molecule is CCc1[nH]c(C(=O)N2CCNC(=O)C2C)c(C)c1C(=O)OC. The van der Waals surface area contributed by atoms with Crippen molar-refractivity contribution in [3.05, 3.63) is 22.5 Å². The van der Waals surface area contributed by atoms with Crippen LogP contribution in [0.5, 0.6) is 0 Å². The van der Waals surface area contributed by atoms with Crippen LogP contribution >= 0.6 is 0 Å². The third-order valence-electron chi connectivity index (χ3n) is 4.04. The Hall–Kier alpha value is -2.31. The normalized spacial score (nSPS) is 18.1. The highest BCUT2D eigenvalue weighted by molar-refractivity contribution is 6.02. The minimum atomic E-state index is -0.532. The molecular formula is C15H21N3O4. The molecule has 0 spiro atoms. The topological polar surface area (TPSA) is 91.5 Å². The number of methoxy groups -OCH3 is 1. The second kappa shape index (κ2) is 6.21. The number of H-pyrrole nitrogens is 1. The van der Waals surface area contributed by atoms with Crippen molar-refractivity contribution in [3.8, 4) is 0 Å². The molecule has 2 amide bonds. The van der Waals surface area contributed by atoms with Crippen LogP contribution in [0.1, 0.15) is 46.0 Å². The molecular weight excluding hydrogens is 286 g/mol. The van der Waals surface area contributed by atoms with E-state index in [0.717, 1.165) is 0 Å². The number of aryl methyl sites for hydroxylation is 1. The molecule has 1 aliphatic rings. The zero-order valence-corrected chi connectivity index (χ0v) is 13.3. The monoisotopic (exact) mass is 307 g/mol. The van der Waals surface area contributed by atoms with E-state index in [-0.39, 0.29) is 11.8 Å². The Morgan fingerprint density at radius 2 is 2.09 bits per heavy atom. The van der Waals surface area contributed by atoms with E-state index in [1.165, 1.54) is 12.0 Å². The molecule has 22 heavy (non-hydrogen) atoms. The summed E-state index contributed by atoms with van der Waals surface area (Å²) in [5.41, 5.74) is 1.98. The van der Waals surface area contributed by atoms with Gasteiger partial charge in [-0.3, -0.25) is 9.59 Å². The Balaban J connectivity index is 2.40. The molecule has 7 heteroatoms. The van der Waals surface area contributed by atoms with Crippen LogP contribution in [0.15, 0.2) is 0 Å². The lowest BCUT2D eigenvalue weighted by Gasteiger charge is -2.32. The van der Waals surface area contributed by atoms with Crippen molar-refractivity contribution < 1.29 is 19.1 Å². The van der Waals surface area contributed by atoms with Gasteiger partial charge in [0.15, 0.2) is 0 Å². The molecule has 2 rings (SSSR count).